The largest absolute Gasteiger partial charge is 2.00 e. The molecule has 2 aromatic heterocycles. The fourth-order valence-electron chi connectivity index (χ4n) is 4.34. The molecular formula is C44H50Cl4Mg3N2O13S3. The Morgan fingerprint density at radius 2 is 0.942 bits per heavy atom. The van der Waals surface area contributed by atoms with Crippen molar-refractivity contribution in [1.82, 2.24) is 9.97 Å². The number of ketones is 1. The molecule has 2 heterocycles. The molecule has 0 bridgehead atoms. The summed E-state index contributed by atoms with van der Waals surface area (Å²) in [5.74, 6) is -1.19. The van der Waals surface area contributed by atoms with Crippen molar-refractivity contribution in [3.8, 4) is 0 Å². The summed E-state index contributed by atoms with van der Waals surface area (Å²) < 4.78 is 71.5. The number of hydrogen-bond donors (Lipinski definition) is 1. The zero-order valence-electron chi connectivity index (χ0n) is 38.9. The molecule has 15 nitrogen and oxygen atoms in total. The zero-order valence-corrected chi connectivity index (χ0v) is 48.7. The quantitative estimate of drug-likeness (QED) is 0.0427. The number of ether oxygens (including phenoxy) is 1. The molecule has 0 spiro atoms. The van der Waals surface area contributed by atoms with Crippen molar-refractivity contribution in [3.05, 3.63) is 162 Å². The first-order valence-electron chi connectivity index (χ1n) is 18.3. The fraction of sp³-hybridized carbons (Fsp3) is 0.227. The Labute approximate surface area is 479 Å². The minimum absolute atomic E-state index is 0. The van der Waals surface area contributed by atoms with Gasteiger partial charge < -0.3 is 63.2 Å². The number of esters is 1. The monoisotopic (exact) mass is 1120 g/mol. The van der Waals surface area contributed by atoms with Crippen LogP contribution in [0.3, 0.4) is 0 Å². The molecule has 0 aliphatic heterocycles. The van der Waals surface area contributed by atoms with Crippen molar-refractivity contribution in [2.24, 2.45) is 0 Å². The summed E-state index contributed by atoms with van der Waals surface area (Å²) in [4.78, 5) is 41.5. The molecule has 1 N–H and O–H groups in total. The van der Waals surface area contributed by atoms with Gasteiger partial charge in [0.25, 0.3) is 0 Å². The van der Waals surface area contributed by atoms with E-state index in [9.17, 15) is 49.9 Å². The third-order valence-electron chi connectivity index (χ3n) is 7.17. The first kappa shape index (κ1) is 80.3. The number of aliphatic carboxylic acids is 1. The van der Waals surface area contributed by atoms with Crippen LogP contribution in [0.25, 0.3) is 6.08 Å². The van der Waals surface area contributed by atoms with Gasteiger partial charge in [0.05, 0.1) is 33.3 Å². The molecule has 69 heavy (non-hydrogen) atoms. The molecular weight excluding hydrogens is 1080 g/mol. The van der Waals surface area contributed by atoms with Crippen LogP contribution in [-0.2, 0) is 51.9 Å². The standard InChI is InChI=1S/C14H13NO3S.2C9H10O4S.C8H9NO2.C4H9.4ClH.3Mg/c1-19(17,18)13-6-4-11(5-7-13)9-14(16)12-3-2-8-15-10-12;2*1-14(12,13)8-4-2-7(3-5-8)6-9(10)11;1-2-11-8(10)7-4-3-5-9-6-7;1-4(2)3;;;;;;;/h2-8,10H,9H2,1H3;2-5H,6H2,1H3,(H,10,11);2-6,10-11H,1H3;3-6H,2H2,1H3;1-3H3;4*1H;;;/q;;;;-1;;;;;3*+2/p-5. The van der Waals surface area contributed by atoms with Crippen LogP contribution in [0.2, 0.25) is 0 Å². The van der Waals surface area contributed by atoms with Crippen molar-refractivity contribution in [3.63, 3.8) is 0 Å². The molecule has 0 unspecified atom stereocenters. The Bertz CT molecular complexity index is 2560. The second-order valence-corrected chi connectivity index (χ2v) is 19.6. The number of pyridine rings is 2. The van der Waals surface area contributed by atoms with Crippen molar-refractivity contribution >= 4 is 135 Å². The number of carbonyl (C=O) groups excluding carboxylic acids is 2. The van der Waals surface area contributed by atoms with Gasteiger partial charge in [-0.1, -0.05) is 42.5 Å². The van der Waals surface area contributed by atoms with Crippen LogP contribution in [0, 0.1) is 5.92 Å². The number of sulfone groups is 3. The van der Waals surface area contributed by atoms with Gasteiger partial charge in [-0.05, 0) is 84.3 Å². The molecule has 0 aliphatic rings. The third kappa shape index (κ3) is 36.7. The van der Waals surface area contributed by atoms with Crippen LogP contribution < -0.4 is 47.4 Å². The van der Waals surface area contributed by atoms with Crippen molar-refractivity contribution in [1.29, 1.82) is 0 Å². The van der Waals surface area contributed by atoms with E-state index in [1.807, 2.05) is 0 Å². The smallest absolute Gasteiger partial charge is 1.00 e. The maximum Gasteiger partial charge on any atom is 2.00 e. The fourth-order valence-corrected chi connectivity index (χ4v) is 6.24. The van der Waals surface area contributed by atoms with Gasteiger partial charge in [-0.25, -0.2) is 36.0 Å². The summed E-state index contributed by atoms with van der Waals surface area (Å²) in [6.07, 6.45) is 10.6. The molecule has 5 aromatic rings. The molecule has 0 aliphatic carbocycles. The molecule has 0 fully saturated rings. The Balaban J connectivity index is -0.000000142. The summed E-state index contributed by atoms with van der Waals surface area (Å²) in [7, 11) is -9.62. The summed E-state index contributed by atoms with van der Waals surface area (Å²) >= 11 is 0. The van der Waals surface area contributed by atoms with E-state index in [4.69, 9.17) is 9.84 Å². The molecule has 0 saturated heterocycles. The molecule has 0 atom stereocenters. The number of halogens is 4. The van der Waals surface area contributed by atoms with Crippen LogP contribution in [0.4, 0.5) is 0 Å². The summed E-state index contributed by atoms with van der Waals surface area (Å²) in [5.41, 5.74) is 2.81. The summed E-state index contributed by atoms with van der Waals surface area (Å²) in [6, 6.07) is 24.5. The van der Waals surface area contributed by atoms with Crippen LogP contribution >= 0.6 is 12.4 Å². The minimum Gasteiger partial charge on any atom is -1.00 e. The van der Waals surface area contributed by atoms with E-state index in [-0.39, 0.29) is 158 Å². The number of rotatable bonds is 11. The number of hydrogen-bond acceptors (Lipinski definition) is 14. The number of Topliss-reactive ketones (excluding diaryl/α,β-unsaturated/α-hetero) is 1. The topological polar surface area (TPSA) is 255 Å². The maximum absolute atomic E-state index is 11.9. The second-order valence-electron chi connectivity index (χ2n) is 13.5. The molecule has 0 radical (unpaired) electrons. The van der Waals surface area contributed by atoms with Gasteiger partial charge in [-0.3, -0.25) is 19.6 Å². The van der Waals surface area contributed by atoms with E-state index in [0.29, 0.717) is 28.9 Å². The van der Waals surface area contributed by atoms with E-state index in [0.717, 1.165) is 30.4 Å². The Kier molecular flexibility index (Phi) is 47.5. The van der Waals surface area contributed by atoms with Crippen LogP contribution in [0.5, 0.6) is 0 Å². The Morgan fingerprint density at radius 3 is 1.23 bits per heavy atom. The predicted molar refractivity (Wildman–Crippen MR) is 255 cm³/mol. The van der Waals surface area contributed by atoms with Gasteiger partial charge in [0, 0.05) is 55.5 Å². The van der Waals surface area contributed by atoms with E-state index in [2.05, 4.69) is 30.7 Å². The molecule has 5 rings (SSSR count). The molecule has 0 amide bonds. The van der Waals surface area contributed by atoms with Crippen LogP contribution in [0.15, 0.2) is 142 Å². The number of carbonyl (C=O) groups is 3. The van der Waals surface area contributed by atoms with E-state index >= 15 is 0 Å². The van der Waals surface area contributed by atoms with Gasteiger partial charge in [-0.15, -0.1) is 12.4 Å². The van der Waals surface area contributed by atoms with E-state index < -0.39 is 41.4 Å². The van der Waals surface area contributed by atoms with Gasteiger partial charge in [0.1, 0.15) is 0 Å². The summed E-state index contributed by atoms with van der Waals surface area (Å²) in [6.45, 7) is 8.42. The molecule has 25 heteroatoms. The van der Waals surface area contributed by atoms with Crippen LogP contribution in [0.1, 0.15) is 65.1 Å². The average Bonchev–Trinajstić information content (AvgIpc) is 3.18. The van der Waals surface area contributed by atoms with Gasteiger partial charge in [0.15, 0.2) is 35.3 Å². The Hall–Kier alpha value is -2.78. The van der Waals surface area contributed by atoms with Crippen LogP contribution in [-0.4, -0.2) is 153 Å². The number of benzene rings is 3. The van der Waals surface area contributed by atoms with Crippen molar-refractivity contribution < 1.29 is 96.9 Å². The predicted octanol–water partition coefficient (Wildman–Crippen LogP) is -5.09. The number of nitrogens with zero attached hydrogens (tertiary/aromatic N) is 2. The average molecular weight is 1130 g/mol. The van der Waals surface area contributed by atoms with Gasteiger partial charge in [-0.2, -0.15) is 20.8 Å². The summed E-state index contributed by atoms with van der Waals surface area (Å²) in [5, 5.41) is 28.8. The normalized spacial score (nSPS) is 9.57. The first-order valence-corrected chi connectivity index (χ1v) is 23.9. The SMILES string of the molecule is CCOC(=O)c1cccnc1.CS(=O)(=O)c1ccc(C=C([O-])[O-])cc1.CS(=O)(=O)c1ccc(CC(=O)O)cc1.CS(=O)(=O)c1ccc(CC(=O)c2cccnc2)cc1.C[C-](C)C.Cl.[Cl-].[Cl-].[Cl-].[Mg+2].[Mg+2].[Mg+2]. The van der Waals surface area contributed by atoms with Crippen molar-refractivity contribution in [2.45, 2.75) is 55.2 Å². The Morgan fingerprint density at radius 1 is 0.609 bits per heavy atom. The minimum atomic E-state index is -3.22. The number of carboxylic acid groups (broad SMARTS) is 1. The number of carboxylic acids is 1. The van der Waals surface area contributed by atoms with Crippen molar-refractivity contribution in [2.75, 3.05) is 25.4 Å². The molecule has 366 valence electrons. The third-order valence-corrected chi connectivity index (χ3v) is 10.6. The molecule has 0 saturated carbocycles. The zero-order chi connectivity index (χ0) is 47.1. The van der Waals surface area contributed by atoms with Gasteiger partial charge in [0.2, 0.25) is 0 Å². The van der Waals surface area contributed by atoms with Gasteiger partial charge >= 0.3 is 81.1 Å². The number of aromatic nitrogens is 2. The van der Waals surface area contributed by atoms with E-state index in [1.54, 1.807) is 55.7 Å². The molecule has 3 aromatic carbocycles. The van der Waals surface area contributed by atoms with E-state index in [1.165, 1.54) is 79.0 Å². The first-order chi connectivity index (χ1) is 28.8. The maximum atomic E-state index is 11.9. The second kappa shape index (κ2) is 40.8.